The van der Waals surface area contributed by atoms with Crippen molar-refractivity contribution in [3.05, 3.63) is 45.2 Å². The number of aryl methyl sites for hydroxylation is 2. The molecule has 0 fully saturated rings. The number of rotatable bonds is 5. The summed E-state index contributed by atoms with van der Waals surface area (Å²) >= 11 is 1.58. The summed E-state index contributed by atoms with van der Waals surface area (Å²) in [5.41, 5.74) is 1.25. The highest BCUT2D eigenvalue weighted by atomic mass is 32.1. The summed E-state index contributed by atoms with van der Waals surface area (Å²) in [5.74, 6) is -0.610. The van der Waals surface area contributed by atoms with Crippen LogP contribution in [0.25, 0.3) is 0 Å². The molecule has 124 valence electrons. The van der Waals surface area contributed by atoms with Crippen molar-refractivity contribution in [2.75, 3.05) is 13.7 Å². The molecule has 1 aliphatic rings. The second kappa shape index (κ2) is 6.57. The van der Waals surface area contributed by atoms with Gasteiger partial charge in [-0.2, -0.15) is 5.26 Å². The van der Waals surface area contributed by atoms with Gasteiger partial charge >= 0.3 is 0 Å². The van der Waals surface area contributed by atoms with E-state index < -0.39 is 11.9 Å². The van der Waals surface area contributed by atoms with E-state index in [-0.39, 0.29) is 17.0 Å². The first-order valence-electron chi connectivity index (χ1n) is 7.54. The Labute approximate surface area is 143 Å². The number of hydrogen-bond donors (Lipinski definition) is 0. The van der Waals surface area contributed by atoms with Crippen LogP contribution >= 0.6 is 11.3 Å². The average molecular weight is 345 g/mol. The van der Waals surface area contributed by atoms with Crippen LogP contribution in [0.2, 0.25) is 0 Å². The lowest BCUT2D eigenvalue weighted by atomic mass is 10.0. The number of benzene rings is 1. The van der Waals surface area contributed by atoms with Crippen LogP contribution in [0.4, 0.5) is 4.39 Å². The number of halogens is 1. The molecular formula is C17H16FN3O2S. The van der Waals surface area contributed by atoms with Crippen molar-refractivity contribution in [1.82, 2.24) is 9.88 Å². The lowest BCUT2D eigenvalue weighted by molar-refractivity contribution is 0.0753. The molecular weight excluding hydrogens is 329 g/mol. The van der Waals surface area contributed by atoms with Crippen LogP contribution in [-0.2, 0) is 6.42 Å². The lowest BCUT2D eigenvalue weighted by Gasteiger charge is -2.19. The minimum absolute atomic E-state index is 0.118. The number of amides is 1. The molecule has 0 aliphatic carbocycles. The van der Waals surface area contributed by atoms with Crippen molar-refractivity contribution in [3.63, 3.8) is 0 Å². The second-order valence-electron chi connectivity index (χ2n) is 5.55. The summed E-state index contributed by atoms with van der Waals surface area (Å²) < 4.78 is 19.4. The quantitative estimate of drug-likeness (QED) is 0.834. The molecule has 0 saturated heterocycles. The maximum absolute atomic E-state index is 14.2. The van der Waals surface area contributed by atoms with Crippen LogP contribution in [0, 0.1) is 24.1 Å². The standard InChI is InChI=1S/C17H16FN3O2S/c1-10-9-24-14(20-10)4-3-7-21-12(8-19)15-11(18)5-6-13(23-2)16(15)17(21)22/h5-6,9,12H,3-4,7H2,1-2H3. The van der Waals surface area contributed by atoms with E-state index in [0.717, 1.165) is 17.1 Å². The number of nitriles is 1. The summed E-state index contributed by atoms with van der Waals surface area (Å²) in [6.45, 7) is 2.30. The van der Waals surface area contributed by atoms with Gasteiger partial charge < -0.3 is 9.64 Å². The van der Waals surface area contributed by atoms with Gasteiger partial charge in [0.25, 0.3) is 5.91 Å². The molecule has 1 aliphatic heterocycles. The fraction of sp³-hybridized carbons (Fsp3) is 0.353. The molecule has 0 spiro atoms. The van der Waals surface area contributed by atoms with E-state index in [4.69, 9.17) is 4.74 Å². The molecule has 2 aromatic rings. The third-order valence-corrected chi connectivity index (χ3v) is 5.04. The molecule has 2 heterocycles. The second-order valence-corrected chi connectivity index (χ2v) is 6.50. The molecule has 1 atom stereocenters. The normalized spacial score (nSPS) is 16.2. The van der Waals surface area contributed by atoms with E-state index in [1.165, 1.54) is 24.1 Å². The minimum Gasteiger partial charge on any atom is -0.496 e. The van der Waals surface area contributed by atoms with Gasteiger partial charge in [-0.15, -0.1) is 11.3 Å². The predicted octanol–water partition coefficient (Wildman–Crippen LogP) is 3.25. The van der Waals surface area contributed by atoms with E-state index in [1.54, 1.807) is 11.3 Å². The molecule has 1 amide bonds. The number of carbonyl (C=O) groups is 1. The minimum atomic E-state index is -0.916. The highest BCUT2D eigenvalue weighted by molar-refractivity contribution is 7.09. The zero-order chi connectivity index (χ0) is 17.3. The SMILES string of the molecule is COc1ccc(F)c2c1C(=O)N(CCCc1nc(C)cs1)C2C#N. The van der Waals surface area contributed by atoms with Crippen LogP contribution in [0.3, 0.4) is 0 Å². The van der Waals surface area contributed by atoms with Gasteiger partial charge in [0, 0.05) is 29.6 Å². The molecule has 1 aromatic carbocycles. The lowest BCUT2D eigenvalue weighted by Crippen LogP contribution is -2.29. The van der Waals surface area contributed by atoms with Crippen molar-refractivity contribution in [1.29, 1.82) is 5.26 Å². The van der Waals surface area contributed by atoms with Gasteiger partial charge in [-0.3, -0.25) is 4.79 Å². The molecule has 0 saturated carbocycles. The first-order chi connectivity index (χ1) is 11.6. The Bertz CT molecular complexity index is 828. The summed E-state index contributed by atoms with van der Waals surface area (Å²) in [6.07, 6.45) is 1.38. The molecule has 24 heavy (non-hydrogen) atoms. The van der Waals surface area contributed by atoms with Crippen LogP contribution in [0.1, 0.15) is 39.1 Å². The molecule has 0 bridgehead atoms. The van der Waals surface area contributed by atoms with Crippen molar-refractivity contribution in [2.45, 2.75) is 25.8 Å². The van der Waals surface area contributed by atoms with Gasteiger partial charge in [0.2, 0.25) is 0 Å². The molecule has 0 N–H and O–H groups in total. The van der Waals surface area contributed by atoms with Gasteiger partial charge in [-0.05, 0) is 25.5 Å². The number of methoxy groups -OCH3 is 1. The van der Waals surface area contributed by atoms with E-state index in [9.17, 15) is 14.4 Å². The number of fused-ring (bicyclic) bond motifs is 1. The highest BCUT2D eigenvalue weighted by Crippen LogP contribution is 2.40. The number of nitrogens with zero attached hydrogens (tertiary/aromatic N) is 3. The number of ether oxygens (including phenoxy) is 1. The Kier molecular flexibility index (Phi) is 4.49. The van der Waals surface area contributed by atoms with Crippen molar-refractivity contribution in [3.8, 4) is 11.8 Å². The van der Waals surface area contributed by atoms with Gasteiger partial charge in [-0.1, -0.05) is 0 Å². The topological polar surface area (TPSA) is 66.2 Å². The van der Waals surface area contributed by atoms with E-state index in [2.05, 4.69) is 4.98 Å². The number of carbonyl (C=O) groups excluding carboxylic acids is 1. The Morgan fingerprint density at radius 2 is 2.29 bits per heavy atom. The third-order valence-electron chi connectivity index (χ3n) is 4.01. The molecule has 1 unspecified atom stereocenters. The van der Waals surface area contributed by atoms with Gasteiger partial charge in [0.1, 0.15) is 17.6 Å². The Hall–Kier alpha value is -2.46. The van der Waals surface area contributed by atoms with Crippen molar-refractivity contribution >= 4 is 17.2 Å². The number of hydrogen-bond acceptors (Lipinski definition) is 5. The largest absolute Gasteiger partial charge is 0.496 e. The van der Waals surface area contributed by atoms with Crippen LogP contribution in [0.5, 0.6) is 5.75 Å². The summed E-state index contributed by atoms with van der Waals surface area (Å²) in [5, 5.41) is 12.4. The summed E-state index contributed by atoms with van der Waals surface area (Å²) in [6, 6.07) is 3.78. The van der Waals surface area contributed by atoms with Crippen LogP contribution in [0.15, 0.2) is 17.5 Å². The summed E-state index contributed by atoms with van der Waals surface area (Å²) in [4.78, 5) is 18.5. The third kappa shape index (κ3) is 2.74. The monoisotopic (exact) mass is 345 g/mol. The molecule has 5 nitrogen and oxygen atoms in total. The number of thiazole rings is 1. The van der Waals surface area contributed by atoms with E-state index >= 15 is 0 Å². The zero-order valence-corrected chi connectivity index (χ0v) is 14.2. The first kappa shape index (κ1) is 16.4. The molecule has 1 aromatic heterocycles. The smallest absolute Gasteiger partial charge is 0.259 e. The number of aromatic nitrogens is 1. The fourth-order valence-electron chi connectivity index (χ4n) is 2.93. The van der Waals surface area contributed by atoms with Crippen LogP contribution in [-0.4, -0.2) is 29.4 Å². The predicted molar refractivity (Wildman–Crippen MR) is 87.5 cm³/mol. The fourth-order valence-corrected chi connectivity index (χ4v) is 3.75. The van der Waals surface area contributed by atoms with Gasteiger partial charge in [0.05, 0.1) is 23.8 Å². The van der Waals surface area contributed by atoms with Crippen LogP contribution < -0.4 is 4.74 Å². The Balaban J connectivity index is 1.81. The van der Waals surface area contributed by atoms with Gasteiger partial charge in [-0.25, -0.2) is 9.37 Å². The van der Waals surface area contributed by atoms with E-state index in [1.807, 2.05) is 18.4 Å². The molecule has 0 radical (unpaired) electrons. The molecule has 3 rings (SSSR count). The zero-order valence-electron chi connectivity index (χ0n) is 13.4. The maximum Gasteiger partial charge on any atom is 0.259 e. The molecule has 7 heteroatoms. The van der Waals surface area contributed by atoms with Crippen molar-refractivity contribution < 1.29 is 13.9 Å². The summed E-state index contributed by atoms with van der Waals surface area (Å²) in [7, 11) is 1.43. The highest BCUT2D eigenvalue weighted by Gasteiger charge is 2.41. The van der Waals surface area contributed by atoms with Gasteiger partial charge in [0.15, 0.2) is 0 Å². The average Bonchev–Trinajstić information content (AvgIpc) is 3.11. The maximum atomic E-state index is 14.2. The Morgan fingerprint density at radius 3 is 2.92 bits per heavy atom. The van der Waals surface area contributed by atoms with E-state index in [0.29, 0.717) is 18.7 Å². The Morgan fingerprint density at radius 1 is 1.50 bits per heavy atom. The van der Waals surface area contributed by atoms with Crippen molar-refractivity contribution in [2.24, 2.45) is 0 Å². The first-order valence-corrected chi connectivity index (χ1v) is 8.42.